The van der Waals surface area contributed by atoms with Crippen LogP contribution in [0.5, 0.6) is 0 Å². The standard InChI is InChI=1S/C15H21NO2/c1-15(2,14(17)18)10-11-6-7-13-12(9-11)5-4-8-16(13)3/h6-7,9H,4-5,8,10H2,1-3H3,(H,17,18). The van der Waals surface area contributed by atoms with Gasteiger partial charge < -0.3 is 10.0 Å². The van der Waals surface area contributed by atoms with E-state index in [0.717, 1.165) is 18.5 Å². The molecule has 0 spiro atoms. The van der Waals surface area contributed by atoms with Gasteiger partial charge in [-0.25, -0.2) is 0 Å². The SMILES string of the molecule is CN1CCCc2cc(CC(C)(C)C(=O)O)ccc21. The van der Waals surface area contributed by atoms with Crippen molar-refractivity contribution in [2.24, 2.45) is 5.41 Å². The van der Waals surface area contributed by atoms with Crippen LogP contribution in [0.1, 0.15) is 31.4 Å². The molecule has 1 aliphatic rings. The molecular formula is C15H21NO2. The first kappa shape index (κ1) is 12.9. The van der Waals surface area contributed by atoms with Crippen molar-refractivity contribution in [3.63, 3.8) is 0 Å². The van der Waals surface area contributed by atoms with Crippen LogP contribution in [-0.2, 0) is 17.6 Å². The average molecular weight is 247 g/mol. The first-order chi connectivity index (χ1) is 8.40. The highest BCUT2D eigenvalue weighted by Crippen LogP contribution is 2.29. The quantitative estimate of drug-likeness (QED) is 0.892. The summed E-state index contributed by atoms with van der Waals surface area (Å²) in [7, 11) is 2.11. The summed E-state index contributed by atoms with van der Waals surface area (Å²) >= 11 is 0. The van der Waals surface area contributed by atoms with Gasteiger partial charge in [0.05, 0.1) is 5.41 Å². The molecule has 98 valence electrons. The molecule has 0 radical (unpaired) electrons. The van der Waals surface area contributed by atoms with Crippen molar-refractivity contribution < 1.29 is 9.90 Å². The summed E-state index contributed by atoms with van der Waals surface area (Å²) in [5, 5.41) is 9.17. The predicted molar refractivity (Wildman–Crippen MR) is 73.2 cm³/mol. The highest BCUT2D eigenvalue weighted by Gasteiger charge is 2.27. The van der Waals surface area contributed by atoms with Gasteiger partial charge in [0.1, 0.15) is 0 Å². The average Bonchev–Trinajstić information content (AvgIpc) is 2.28. The maximum Gasteiger partial charge on any atom is 0.309 e. The molecule has 1 aromatic rings. The summed E-state index contributed by atoms with van der Waals surface area (Å²) in [4.78, 5) is 13.4. The highest BCUT2D eigenvalue weighted by molar-refractivity contribution is 5.74. The predicted octanol–water partition coefficient (Wildman–Crippen LogP) is 2.72. The van der Waals surface area contributed by atoms with Crippen molar-refractivity contribution in [2.75, 3.05) is 18.5 Å². The molecule has 0 aromatic heterocycles. The van der Waals surface area contributed by atoms with Crippen LogP contribution in [0.15, 0.2) is 18.2 Å². The summed E-state index contributed by atoms with van der Waals surface area (Å²) < 4.78 is 0. The van der Waals surface area contributed by atoms with E-state index in [1.165, 1.54) is 17.7 Å². The first-order valence-electron chi connectivity index (χ1n) is 6.46. The summed E-state index contributed by atoms with van der Waals surface area (Å²) in [6, 6.07) is 6.36. The van der Waals surface area contributed by atoms with Gasteiger partial charge >= 0.3 is 5.97 Å². The number of rotatable bonds is 3. The minimum absolute atomic E-state index is 0.583. The lowest BCUT2D eigenvalue weighted by Gasteiger charge is -2.28. The molecule has 0 saturated carbocycles. The highest BCUT2D eigenvalue weighted by atomic mass is 16.4. The van der Waals surface area contributed by atoms with E-state index in [1.807, 2.05) is 0 Å². The van der Waals surface area contributed by atoms with Crippen molar-refractivity contribution in [1.82, 2.24) is 0 Å². The van der Waals surface area contributed by atoms with Crippen LogP contribution >= 0.6 is 0 Å². The van der Waals surface area contributed by atoms with E-state index < -0.39 is 11.4 Å². The number of hydrogen-bond acceptors (Lipinski definition) is 2. The second-order valence-electron chi connectivity index (χ2n) is 5.85. The maximum absolute atomic E-state index is 11.2. The molecule has 0 unspecified atom stereocenters. The lowest BCUT2D eigenvalue weighted by Crippen LogP contribution is -2.27. The molecular weight excluding hydrogens is 226 g/mol. The molecule has 3 heteroatoms. The molecule has 2 rings (SSSR count). The van der Waals surface area contributed by atoms with Crippen LogP contribution in [0.3, 0.4) is 0 Å². The number of hydrogen-bond donors (Lipinski definition) is 1. The van der Waals surface area contributed by atoms with Gasteiger partial charge in [-0.15, -0.1) is 0 Å². The van der Waals surface area contributed by atoms with Crippen molar-refractivity contribution in [2.45, 2.75) is 33.1 Å². The second kappa shape index (κ2) is 4.63. The number of fused-ring (bicyclic) bond motifs is 1. The zero-order valence-electron chi connectivity index (χ0n) is 11.4. The van der Waals surface area contributed by atoms with Crippen molar-refractivity contribution >= 4 is 11.7 Å². The third-order valence-electron chi connectivity index (χ3n) is 3.72. The molecule has 0 bridgehead atoms. The number of nitrogens with zero attached hydrogens (tertiary/aromatic N) is 1. The van der Waals surface area contributed by atoms with Gasteiger partial charge in [-0.2, -0.15) is 0 Å². The zero-order chi connectivity index (χ0) is 13.3. The maximum atomic E-state index is 11.2. The number of carbonyl (C=O) groups is 1. The van der Waals surface area contributed by atoms with Gasteiger partial charge in [0.15, 0.2) is 0 Å². The third-order valence-corrected chi connectivity index (χ3v) is 3.72. The van der Waals surface area contributed by atoms with Crippen LogP contribution in [0, 0.1) is 5.41 Å². The lowest BCUT2D eigenvalue weighted by molar-refractivity contribution is -0.146. The molecule has 1 aliphatic heterocycles. The van der Waals surface area contributed by atoms with Crippen LogP contribution in [-0.4, -0.2) is 24.7 Å². The Morgan fingerprint density at radius 3 is 2.83 bits per heavy atom. The van der Waals surface area contributed by atoms with E-state index in [1.54, 1.807) is 13.8 Å². The van der Waals surface area contributed by atoms with Crippen molar-refractivity contribution in [3.05, 3.63) is 29.3 Å². The summed E-state index contributed by atoms with van der Waals surface area (Å²) in [6.45, 7) is 4.66. The summed E-state index contributed by atoms with van der Waals surface area (Å²) in [5.74, 6) is -0.739. The third kappa shape index (κ3) is 2.50. The number of carboxylic acid groups (broad SMARTS) is 1. The minimum Gasteiger partial charge on any atom is -0.481 e. The molecule has 0 saturated heterocycles. The van der Waals surface area contributed by atoms with E-state index in [0.29, 0.717) is 6.42 Å². The van der Waals surface area contributed by atoms with E-state index in [9.17, 15) is 9.90 Å². The van der Waals surface area contributed by atoms with Crippen LogP contribution < -0.4 is 4.90 Å². The molecule has 0 aliphatic carbocycles. The van der Waals surface area contributed by atoms with Crippen LogP contribution in [0.2, 0.25) is 0 Å². The number of aliphatic carboxylic acids is 1. The fourth-order valence-electron chi connectivity index (χ4n) is 2.53. The molecule has 1 N–H and O–H groups in total. The Morgan fingerprint density at radius 1 is 1.44 bits per heavy atom. The molecule has 1 aromatic carbocycles. The van der Waals surface area contributed by atoms with Gasteiger partial charge in [0.25, 0.3) is 0 Å². The van der Waals surface area contributed by atoms with E-state index in [4.69, 9.17) is 0 Å². The van der Waals surface area contributed by atoms with E-state index in [2.05, 4.69) is 30.1 Å². The number of benzene rings is 1. The van der Waals surface area contributed by atoms with Crippen molar-refractivity contribution in [1.29, 1.82) is 0 Å². The van der Waals surface area contributed by atoms with Gasteiger partial charge in [0.2, 0.25) is 0 Å². The monoisotopic (exact) mass is 247 g/mol. The van der Waals surface area contributed by atoms with Crippen molar-refractivity contribution in [3.8, 4) is 0 Å². The smallest absolute Gasteiger partial charge is 0.309 e. The van der Waals surface area contributed by atoms with Gasteiger partial charge in [-0.1, -0.05) is 12.1 Å². The fourth-order valence-corrected chi connectivity index (χ4v) is 2.53. The Bertz CT molecular complexity index is 466. The van der Waals surface area contributed by atoms with Gasteiger partial charge in [-0.3, -0.25) is 4.79 Å². The minimum atomic E-state index is -0.739. The molecule has 1 heterocycles. The topological polar surface area (TPSA) is 40.5 Å². The first-order valence-corrected chi connectivity index (χ1v) is 6.46. The lowest BCUT2D eigenvalue weighted by atomic mass is 9.85. The number of anilines is 1. The Morgan fingerprint density at radius 2 is 2.17 bits per heavy atom. The Labute approximate surface area is 108 Å². The number of carboxylic acids is 1. The Balaban J connectivity index is 2.24. The van der Waals surface area contributed by atoms with E-state index in [-0.39, 0.29) is 0 Å². The zero-order valence-corrected chi connectivity index (χ0v) is 11.4. The Kier molecular flexibility index (Phi) is 3.33. The summed E-state index contributed by atoms with van der Waals surface area (Å²) in [6.07, 6.45) is 2.86. The number of aryl methyl sites for hydroxylation is 1. The van der Waals surface area contributed by atoms with Gasteiger partial charge in [0, 0.05) is 19.3 Å². The van der Waals surface area contributed by atoms with Crippen LogP contribution in [0.4, 0.5) is 5.69 Å². The fraction of sp³-hybridized carbons (Fsp3) is 0.533. The van der Waals surface area contributed by atoms with E-state index >= 15 is 0 Å². The Hall–Kier alpha value is -1.51. The molecule has 0 atom stereocenters. The normalized spacial score (nSPS) is 15.4. The molecule has 0 amide bonds. The second-order valence-corrected chi connectivity index (χ2v) is 5.85. The summed E-state index contributed by atoms with van der Waals surface area (Å²) in [5.41, 5.74) is 3.06. The van der Waals surface area contributed by atoms with Crippen LogP contribution in [0.25, 0.3) is 0 Å². The largest absolute Gasteiger partial charge is 0.481 e. The van der Waals surface area contributed by atoms with Gasteiger partial charge in [-0.05, 0) is 50.3 Å². The molecule has 18 heavy (non-hydrogen) atoms. The molecule has 3 nitrogen and oxygen atoms in total. The molecule has 0 fully saturated rings.